The molecule has 0 N–H and O–H groups in total. The highest BCUT2D eigenvalue weighted by atomic mass is 16.1. The topological polar surface area (TPSA) is 84.5 Å². The summed E-state index contributed by atoms with van der Waals surface area (Å²) in [4.78, 5) is 12.5. The molecule has 1 unspecified atom stereocenters. The standard InChI is InChI=1S/C8H11N5O/c1-6(14)8(2,5-9)4-7-10-12-13(3)11-7/h4H2,1-3H3. The summed E-state index contributed by atoms with van der Waals surface area (Å²) in [7, 11) is 1.63. The summed E-state index contributed by atoms with van der Waals surface area (Å²) in [6, 6.07) is 1.97. The predicted octanol–water partition coefficient (Wildman–Crippen LogP) is -0.129. The van der Waals surface area contributed by atoms with Crippen LogP contribution < -0.4 is 0 Å². The fraction of sp³-hybridized carbons (Fsp3) is 0.625. The third-order valence-electron chi connectivity index (χ3n) is 2.09. The number of ketones is 1. The van der Waals surface area contributed by atoms with Crippen LogP contribution in [0.5, 0.6) is 0 Å². The maximum absolute atomic E-state index is 11.2. The first-order valence-corrected chi connectivity index (χ1v) is 4.13. The van der Waals surface area contributed by atoms with Crippen LogP contribution in [0.4, 0.5) is 0 Å². The lowest BCUT2D eigenvalue weighted by molar-refractivity contribution is -0.123. The number of nitriles is 1. The summed E-state index contributed by atoms with van der Waals surface area (Å²) in [5, 5.41) is 20.1. The van der Waals surface area contributed by atoms with Crippen molar-refractivity contribution in [2.75, 3.05) is 0 Å². The van der Waals surface area contributed by atoms with Crippen LogP contribution in [-0.2, 0) is 18.3 Å². The minimum atomic E-state index is -1.05. The van der Waals surface area contributed by atoms with Crippen molar-refractivity contribution in [2.24, 2.45) is 12.5 Å². The highest BCUT2D eigenvalue weighted by Gasteiger charge is 2.31. The van der Waals surface area contributed by atoms with Crippen molar-refractivity contribution in [1.29, 1.82) is 5.26 Å². The van der Waals surface area contributed by atoms with Crippen molar-refractivity contribution >= 4 is 5.78 Å². The third kappa shape index (κ3) is 1.93. The van der Waals surface area contributed by atoms with E-state index < -0.39 is 5.41 Å². The Morgan fingerprint density at radius 2 is 2.36 bits per heavy atom. The molecule has 6 nitrogen and oxygen atoms in total. The van der Waals surface area contributed by atoms with Gasteiger partial charge in [0.15, 0.2) is 5.82 Å². The maximum atomic E-state index is 11.2. The van der Waals surface area contributed by atoms with Gasteiger partial charge in [0.05, 0.1) is 13.1 Å². The second-order valence-electron chi connectivity index (χ2n) is 3.37. The lowest BCUT2D eigenvalue weighted by atomic mass is 9.84. The molecule has 0 aliphatic rings. The average Bonchev–Trinajstić information content (AvgIpc) is 2.50. The van der Waals surface area contributed by atoms with E-state index >= 15 is 0 Å². The van der Waals surface area contributed by atoms with E-state index in [0.29, 0.717) is 5.82 Å². The van der Waals surface area contributed by atoms with Crippen molar-refractivity contribution in [1.82, 2.24) is 20.2 Å². The Balaban J connectivity index is 2.87. The Hall–Kier alpha value is -1.77. The second kappa shape index (κ2) is 3.54. The van der Waals surface area contributed by atoms with Gasteiger partial charge in [-0.15, -0.1) is 10.2 Å². The summed E-state index contributed by atoms with van der Waals surface area (Å²) in [6.07, 6.45) is 0.201. The van der Waals surface area contributed by atoms with Crippen LogP contribution in [0, 0.1) is 16.7 Å². The molecule has 0 fully saturated rings. The van der Waals surface area contributed by atoms with Crippen LogP contribution in [0.3, 0.4) is 0 Å². The fourth-order valence-corrected chi connectivity index (χ4v) is 0.953. The minimum Gasteiger partial charge on any atom is -0.298 e. The molecule has 1 aromatic heterocycles. The molecule has 0 amide bonds. The van der Waals surface area contributed by atoms with Crippen LogP contribution in [0.2, 0.25) is 0 Å². The Kier molecular flexibility index (Phi) is 2.60. The molecule has 0 aliphatic carbocycles. The summed E-state index contributed by atoms with van der Waals surface area (Å²) < 4.78 is 0. The molecular weight excluding hydrogens is 182 g/mol. The van der Waals surface area contributed by atoms with Gasteiger partial charge in [-0.3, -0.25) is 4.79 Å². The van der Waals surface area contributed by atoms with Crippen LogP contribution in [-0.4, -0.2) is 26.0 Å². The first kappa shape index (κ1) is 10.3. The molecule has 0 saturated carbocycles. The van der Waals surface area contributed by atoms with Crippen molar-refractivity contribution in [3.05, 3.63) is 5.82 Å². The van der Waals surface area contributed by atoms with Crippen LogP contribution in [0.25, 0.3) is 0 Å². The molecule has 0 aromatic carbocycles. The van der Waals surface area contributed by atoms with Gasteiger partial charge in [0.2, 0.25) is 0 Å². The Bertz CT molecular complexity index is 391. The van der Waals surface area contributed by atoms with Gasteiger partial charge in [0, 0.05) is 6.42 Å². The summed E-state index contributed by atoms with van der Waals surface area (Å²) in [5.41, 5.74) is -1.05. The number of aromatic nitrogens is 4. The smallest absolute Gasteiger partial charge is 0.176 e. The molecule has 0 aliphatic heterocycles. The molecule has 1 aromatic rings. The quantitative estimate of drug-likeness (QED) is 0.667. The van der Waals surface area contributed by atoms with Crippen molar-refractivity contribution in [3.8, 4) is 6.07 Å². The lowest BCUT2D eigenvalue weighted by Crippen LogP contribution is -2.26. The molecule has 0 saturated heterocycles. The Morgan fingerprint density at radius 1 is 1.71 bits per heavy atom. The van der Waals surface area contributed by atoms with E-state index in [0.717, 1.165) is 0 Å². The van der Waals surface area contributed by atoms with E-state index in [1.165, 1.54) is 11.7 Å². The van der Waals surface area contributed by atoms with Crippen molar-refractivity contribution < 1.29 is 4.79 Å². The first-order valence-electron chi connectivity index (χ1n) is 4.13. The molecule has 0 spiro atoms. The van der Waals surface area contributed by atoms with E-state index in [1.54, 1.807) is 14.0 Å². The van der Waals surface area contributed by atoms with Gasteiger partial charge in [-0.05, 0) is 19.1 Å². The Labute approximate surface area is 81.5 Å². The monoisotopic (exact) mass is 193 g/mol. The number of Topliss-reactive ketones (excluding diaryl/α,β-unsaturated/α-hetero) is 1. The normalized spacial score (nSPS) is 14.4. The fourth-order valence-electron chi connectivity index (χ4n) is 0.953. The number of nitrogens with zero attached hydrogens (tertiary/aromatic N) is 5. The van der Waals surface area contributed by atoms with Crippen molar-refractivity contribution in [3.63, 3.8) is 0 Å². The molecule has 74 valence electrons. The highest BCUT2D eigenvalue weighted by Crippen LogP contribution is 2.20. The number of rotatable bonds is 3. The molecular formula is C8H11N5O. The van der Waals surface area contributed by atoms with Gasteiger partial charge in [0.1, 0.15) is 11.2 Å². The zero-order chi connectivity index (χ0) is 10.8. The molecule has 0 radical (unpaired) electrons. The van der Waals surface area contributed by atoms with Gasteiger partial charge in [-0.25, -0.2) is 0 Å². The SMILES string of the molecule is CC(=O)C(C)(C#N)Cc1nnn(C)n1. The van der Waals surface area contributed by atoms with Gasteiger partial charge in [-0.1, -0.05) is 0 Å². The van der Waals surface area contributed by atoms with Gasteiger partial charge >= 0.3 is 0 Å². The van der Waals surface area contributed by atoms with Crippen molar-refractivity contribution in [2.45, 2.75) is 20.3 Å². The zero-order valence-electron chi connectivity index (χ0n) is 8.35. The van der Waals surface area contributed by atoms with Crippen LogP contribution in [0.15, 0.2) is 0 Å². The van der Waals surface area contributed by atoms with E-state index in [1.807, 2.05) is 6.07 Å². The van der Waals surface area contributed by atoms with E-state index in [9.17, 15) is 4.79 Å². The first-order chi connectivity index (χ1) is 6.48. The van der Waals surface area contributed by atoms with Gasteiger partial charge in [-0.2, -0.15) is 10.1 Å². The third-order valence-corrected chi connectivity index (χ3v) is 2.09. The molecule has 1 rings (SSSR count). The Morgan fingerprint density at radius 3 is 2.71 bits per heavy atom. The van der Waals surface area contributed by atoms with Crippen LogP contribution in [0.1, 0.15) is 19.7 Å². The number of aryl methyl sites for hydroxylation is 1. The molecule has 1 atom stereocenters. The van der Waals surface area contributed by atoms with E-state index in [2.05, 4.69) is 15.4 Å². The summed E-state index contributed by atoms with van der Waals surface area (Å²) >= 11 is 0. The summed E-state index contributed by atoms with van der Waals surface area (Å²) in [5.74, 6) is 0.221. The van der Waals surface area contributed by atoms with Crippen LogP contribution >= 0.6 is 0 Å². The number of hydrogen-bond acceptors (Lipinski definition) is 5. The predicted molar refractivity (Wildman–Crippen MR) is 46.9 cm³/mol. The minimum absolute atomic E-state index is 0.188. The lowest BCUT2D eigenvalue weighted by Gasteiger charge is -2.14. The van der Waals surface area contributed by atoms with Gasteiger partial charge < -0.3 is 0 Å². The maximum Gasteiger partial charge on any atom is 0.176 e. The second-order valence-corrected chi connectivity index (χ2v) is 3.37. The highest BCUT2D eigenvalue weighted by molar-refractivity contribution is 5.84. The van der Waals surface area contributed by atoms with E-state index in [4.69, 9.17) is 5.26 Å². The molecule has 14 heavy (non-hydrogen) atoms. The molecule has 6 heteroatoms. The largest absolute Gasteiger partial charge is 0.298 e. The number of tetrazole rings is 1. The average molecular weight is 193 g/mol. The molecule has 0 bridgehead atoms. The zero-order valence-corrected chi connectivity index (χ0v) is 8.35. The molecule has 1 heterocycles. The van der Waals surface area contributed by atoms with E-state index in [-0.39, 0.29) is 12.2 Å². The number of carbonyl (C=O) groups is 1. The number of carbonyl (C=O) groups excluding carboxylic acids is 1. The summed E-state index contributed by atoms with van der Waals surface area (Å²) in [6.45, 7) is 2.96. The van der Waals surface area contributed by atoms with Gasteiger partial charge in [0.25, 0.3) is 0 Å². The number of hydrogen-bond donors (Lipinski definition) is 0.